The summed E-state index contributed by atoms with van der Waals surface area (Å²) in [6, 6.07) is 8.35. The number of aromatic nitrogens is 6. The van der Waals surface area contributed by atoms with Gasteiger partial charge in [-0.1, -0.05) is 26.2 Å². The Labute approximate surface area is 213 Å². The molecule has 0 saturated carbocycles. The van der Waals surface area contributed by atoms with Gasteiger partial charge in [0, 0.05) is 44.7 Å². The number of rotatable bonds is 8. The quantitative estimate of drug-likeness (QED) is 0.204. The van der Waals surface area contributed by atoms with Gasteiger partial charge >= 0.3 is 0 Å². The third kappa shape index (κ3) is 4.38. The number of allylic oxidation sites excluding steroid dienone is 5. The van der Waals surface area contributed by atoms with Crippen LogP contribution >= 0.6 is 11.3 Å². The van der Waals surface area contributed by atoms with Crippen LogP contribution in [0.5, 0.6) is 0 Å². The highest BCUT2D eigenvalue weighted by molar-refractivity contribution is 7.15. The molecule has 0 saturated heterocycles. The summed E-state index contributed by atoms with van der Waals surface area (Å²) in [6.45, 7) is 14.1. The normalized spacial score (nSPS) is 12.4. The molecule has 5 aromatic heterocycles. The molecule has 3 N–H and O–H groups in total. The second-order valence-electron chi connectivity index (χ2n) is 8.38. The molecule has 0 amide bonds. The van der Waals surface area contributed by atoms with Crippen LogP contribution in [0.4, 0.5) is 0 Å². The number of hydrogen-bond donors (Lipinski definition) is 3. The fourth-order valence-corrected chi connectivity index (χ4v) is 4.89. The lowest BCUT2D eigenvalue weighted by Gasteiger charge is -2.10. The minimum absolute atomic E-state index is 0.622. The Kier molecular flexibility index (Phi) is 6.35. The number of imidazole rings is 1. The van der Waals surface area contributed by atoms with Crippen LogP contribution < -0.4 is 5.32 Å². The standard InChI is InChI=1S/C28H27N7S/c1-6-16(4)31-20(8-3)13-18(7-2)19-14-22-25(34-35-26(22)30-15-19)28-32-24-21(11-12-29-27(24)33-28)23-10-9-17(5)36-23/h7-15,31H,3-4,6H2,1-2,5H3,(H,29,32,33)(H,30,34,35)/b18-7+,20-13+. The number of hydrogen-bond acceptors (Lipinski definition) is 6. The molecular weight excluding hydrogens is 466 g/mol. The number of nitrogens with zero attached hydrogens (tertiary/aromatic N) is 4. The first kappa shape index (κ1) is 23.4. The van der Waals surface area contributed by atoms with E-state index in [-0.39, 0.29) is 0 Å². The van der Waals surface area contributed by atoms with E-state index in [0.29, 0.717) is 17.1 Å². The summed E-state index contributed by atoms with van der Waals surface area (Å²) >= 11 is 1.75. The lowest BCUT2D eigenvalue weighted by Crippen LogP contribution is -2.09. The minimum atomic E-state index is 0.622. The van der Waals surface area contributed by atoms with E-state index >= 15 is 0 Å². The molecule has 0 bridgehead atoms. The molecule has 180 valence electrons. The van der Waals surface area contributed by atoms with Gasteiger partial charge in [0.1, 0.15) is 5.69 Å². The molecule has 0 aliphatic rings. The highest BCUT2D eigenvalue weighted by Crippen LogP contribution is 2.34. The summed E-state index contributed by atoms with van der Waals surface area (Å²) in [4.78, 5) is 19.8. The van der Waals surface area contributed by atoms with E-state index in [2.05, 4.69) is 75.7 Å². The van der Waals surface area contributed by atoms with Crippen LogP contribution in [-0.4, -0.2) is 30.1 Å². The molecule has 0 atom stereocenters. The van der Waals surface area contributed by atoms with E-state index in [4.69, 9.17) is 4.98 Å². The van der Waals surface area contributed by atoms with Gasteiger partial charge in [0.25, 0.3) is 0 Å². The largest absolute Gasteiger partial charge is 0.359 e. The summed E-state index contributed by atoms with van der Waals surface area (Å²) in [5.41, 5.74) is 7.80. The van der Waals surface area contributed by atoms with Crippen molar-refractivity contribution < 1.29 is 0 Å². The Morgan fingerprint density at radius 2 is 2.06 bits per heavy atom. The number of nitrogens with one attached hydrogen (secondary N) is 3. The first-order valence-electron chi connectivity index (χ1n) is 11.7. The highest BCUT2D eigenvalue weighted by Gasteiger charge is 2.17. The number of fused-ring (bicyclic) bond motifs is 2. The average molecular weight is 494 g/mol. The molecule has 36 heavy (non-hydrogen) atoms. The van der Waals surface area contributed by atoms with Gasteiger partial charge in [0.15, 0.2) is 17.1 Å². The average Bonchev–Trinajstić information content (AvgIpc) is 3.63. The van der Waals surface area contributed by atoms with Gasteiger partial charge in [0.2, 0.25) is 0 Å². The predicted molar refractivity (Wildman–Crippen MR) is 149 cm³/mol. The summed E-state index contributed by atoms with van der Waals surface area (Å²) in [7, 11) is 0. The molecule has 5 aromatic rings. The monoisotopic (exact) mass is 493 g/mol. The summed E-state index contributed by atoms with van der Waals surface area (Å²) < 4.78 is 0. The van der Waals surface area contributed by atoms with Gasteiger partial charge in [-0.3, -0.25) is 5.10 Å². The SMILES string of the molecule is C=C/C(=C\C(=C/C)c1cnc2n[nH]c(-c3nc4nccc(-c5ccc(C)s5)c4[nH]3)c2c1)NC(=C)CC. The molecule has 5 rings (SSSR count). The van der Waals surface area contributed by atoms with Crippen LogP contribution in [0.2, 0.25) is 0 Å². The fourth-order valence-electron chi connectivity index (χ4n) is 3.99. The third-order valence-corrected chi connectivity index (χ3v) is 7.00. The Balaban J connectivity index is 1.57. The molecule has 0 fully saturated rings. The van der Waals surface area contributed by atoms with Crippen molar-refractivity contribution in [3.8, 4) is 22.0 Å². The Bertz CT molecular complexity index is 1660. The topological polar surface area (TPSA) is 95.2 Å². The maximum atomic E-state index is 4.78. The van der Waals surface area contributed by atoms with Crippen LogP contribution in [0.15, 0.2) is 79.4 Å². The first-order chi connectivity index (χ1) is 17.5. The molecular formula is C28H27N7S. The Morgan fingerprint density at radius 1 is 1.19 bits per heavy atom. The molecule has 0 aliphatic heterocycles. The first-order valence-corrected chi connectivity index (χ1v) is 12.5. The summed E-state index contributed by atoms with van der Waals surface area (Å²) in [5.74, 6) is 0.671. The number of aromatic amines is 2. The molecule has 5 heterocycles. The van der Waals surface area contributed by atoms with Crippen molar-refractivity contribution in [2.24, 2.45) is 0 Å². The number of pyridine rings is 2. The zero-order valence-electron chi connectivity index (χ0n) is 20.5. The predicted octanol–water partition coefficient (Wildman–Crippen LogP) is 6.92. The molecule has 8 heteroatoms. The highest BCUT2D eigenvalue weighted by atomic mass is 32.1. The number of aryl methyl sites for hydroxylation is 1. The maximum Gasteiger partial charge on any atom is 0.181 e. The van der Waals surface area contributed by atoms with Gasteiger partial charge < -0.3 is 10.3 Å². The summed E-state index contributed by atoms with van der Waals surface area (Å²) in [6.07, 6.45) is 10.3. The van der Waals surface area contributed by atoms with Crippen LogP contribution in [0.1, 0.15) is 30.7 Å². The van der Waals surface area contributed by atoms with Crippen LogP contribution in [0, 0.1) is 6.92 Å². The summed E-state index contributed by atoms with van der Waals surface area (Å²) in [5, 5.41) is 11.7. The zero-order valence-corrected chi connectivity index (χ0v) is 21.3. The number of H-pyrrole nitrogens is 2. The minimum Gasteiger partial charge on any atom is -0.359 e. The van der Waals surface area contributed by atoms with Gasteiger partial charge in [-0.25, -0.2) is 15.0 Å². The zero-order chi connectivity index (χ0) is 25.2. The Hall–Kier alpha value is -4.30. The van der Waals surface area contributed by atoms with Crippen LogP contribution in [0.25, 0.3) is 49.7 Å². The molecule has 0 spiro atoms. The second kappa shape index (κ2) is 9.75. The van der Waals surface area contributed by atoms with Crippen LogP contribution in [0.3, 0.4) is 0 Å². The van der Waals surface area contributed by atoms with Crippen molar-refractivity contribution >= 4 is 39.1 Å². The van der Waals surface area contributed by atoms with E-state index in [1.807, 2.05) is 31.3 Å². The smallest absolute Gasteiger partial charge is 0.181 e. The Morgan fingerprint density at radius 3 is 2.78 bits per heavy atom. The second-order valence-corrected chi connectivity index (χ2v) is 9.66. The van der Waals surface area contributed by atoms with Gasteiger partial charge in [-0.2, -0.15) is 5.10 Å². The van der Waals surface area contributed by atoms with E-state index in [1.165, 1.54) is 9.75 Å². The van der Waals surface area contributed by atoms with Gasteiger partial charge in [-0.05, 0) is 62.3 Å². The number of thiophene rings is 1. The van der Waals surface area contributed by atoms with E-state index in [0.717, 1.165) is 51.1 Å². The van der Waals surface area contributed by atoms with Gasteiger partial charge in [0.05, 0.1) is 10.9 Å². The lowest BCUT2D eigenvalue weighted by molar-refractivity contribution is 0.921. The van der Waals surface area contributed by atoms with Crippen LogP contribution in [-0.2, 0) is 0 Å². The van der Waals surface area contributed by atoms with Crippen molar-refractivity contribution in [1.82, 2.24) is 35.5 Å². The van der Waals surface area contributed by atoms with Crippen molar-refractivity contribution in [1.29, 1.82) is 0 Å². The van der Waals surface area contributed by atoms with Crippen molar-refractivity contribution in [3.05, 3.63) is 89.9 Å². The lowest BCUT2D eigenvalue weighted by atomic mass is 10.0. The van der Waals surface area contributed by atoms with E-state index < -0.39 is 0 Å². The van der Waals surface area contributed by atoms with Gasteiger partial charge in [-0.15, -0.1) is 11.3 Å². The molecule has 0 aromatic carbocycles. The molecule has 0 radical (unpaired) electrons. The fraction of sp³-hybridized carbons (Fsp3) is 0.143. The third-order valence-electron chi connectivity index (χ3n) is 5.97. The van der Waals surface area contributed by atoms with Crippen molar-refractivity contribution in [2.75, 3.05) is 0 Å². The van der Waals surface area contributed by atoms with Crippen molar-refractivity contribution in [3.63, 3.8) is 0 Å². The maximum absolute atomic E-state index is 4.78. The van der Waals surface area contributed by atoms with E-state index in [1.54, 1.807) is 23.6 Å². The van der Waals surface area contributed by atoms with E-state index in [9.17, 15) is 0 Å². The molecule has 0 unspecified atom stereocenters. The van der Waals surface area contributed by atoms with Crippen molar-refractivity contribution in [2.45, 2.75) is 27.2 Å². The molecule has 7 nitrogen and oxygen atoms in total. The molecule has 0 aliphatic carbocycles.